The number of hydrogen-bond acceptors (Lipinski definition) is 4. The molecule has 2 aromatic heterocycles. The van der Waals surface area contributed by atoms with E-state index in [1.54, 1.807) is 0 Å². The first-order valence-electron chi connectivity index (χ1n) is 12.2. The fraction of sp³-hybridized carbons (Fsp3) is 0.200. The van der Waals surface area contributed by atoms with Crippen molar-refractivity contribution in [1.82, 2.24) is 14.3 Å². The number of anilines is 1. The molecule has 0 aliphatic carbocycles. The average Bonchev–Trinajstić information content (AvgIpc) is 3.30. The number of halogens is 1. The monoisotopic (exact) mass is 491 g/mol. The summed E-state index contributed by atoms with van der Waals surface area (Å²) >= 11 is 6.69. The summed E-state index contributed by atoms with van der Waals surface area (Å²) in [6, 6.07) is 31.5. The predicted molar refractivity (Wildman–Crippen MR) is 146 cm³/mol. The van der Waals surface area contributed by atoms with Gasteiger partial charge in [-0.05, 0) is 47.9 Å². The Kier molecular flexibility index (Phi) is 5.85. The quantitative estimate of drug-likeness (QED) is 0.299. The highest BCUT2D eigenvalue weighted by Crippen LogP contribution is 2.35. The van der Waals surface area contributed by atoms with Gasteiger partial charge in [0.25, 0.3) is 0 Å². The lowest BCUT2D eigenvalue weighted by atomic mass is 9.96. The zero-order chi connectivity index (χ0) is 24.6. The number of benzene rings is 3. The largest absolute Gasteiger partial charge is 0.355 e. The van der Waals surface area contributed by atoms with Crippen molar-refractivity contribution in [2.24, 2.45) is 0 Å². The second-order valence-corrected chi connectivity index (χ2v) is 9.70. The van der Waals surface area contributed by atoms with Crippen LogP contribution < -0.4 is 4.90 Å². The highest BCUT2D eigenvalue weighted by molar-refractivity contribution is 6.31. The van der Waals surface area contributed by atoms with Crippen molar-refractivity contribution in [1.29, 1.82) is 5.26 Å². The number of para-hydroxylation sites is 2. The molecule has 1 aliphatic heterocycles. The summed E-state index contributed by atoms with van der Waals surface area (Å²) in [5.41, 5.74) is 6.64. The standard InChI is InChI=1S/C30H26ClN5/c1-21-19-28(36-27-14-8-7-13-26(27)33-30(36)24(21)20-32)34-15-17-35(18-16-34)29(22-9-3-2-4-10-22)23-11-5-6-12-25(23)31/h2-14,19,29H,15-18H2,1H3/t29-/m0/s1. The second kappa shape index (κ2) is 9.31. The molecule has 1 fully saturated rings. The van der Waals surface area contributed by atoms with E-state index in [1.165, 1.54) is 5.56 Å². The number of hydrogen-bond donors (Lipinski definition) is 0. The van der Waals surface area contributed by atoms with Gasteiger partial charge in [-0.15, -0.1) is 0 Å². The number of imidazole rings is 1. The first kappa shape index (κ1) is 22.6. The molecular formula is C30H26ClN5. The van der Waals surface area contributed by atoms with Gasteiger partial charge in [0, 0.05) is 31.2 Å². The van der Waals surface area contributed by atoms with Crippen molar-refractivity contribution < 1.29 is 0 Å². The normalized spacial score (nSPS) is 15.3. The molecule has 5 aromatic rings. The van der Waals surface area contributed by atoms with Gasteiger partial charge in [-0.25, -0.2) is 4.98 Å². The fourth-order valence-corrected chi connectivity index (χ4v) is 5.67. The molecule has 1 atom stereocenters. The number of fused-ring (bicyclic) bond motifs is 3. The number of piperazine rings is 1. The van der Waals surface area contributed by atoms with E-state index in [2.05, 4.69) is 74.9 Å². The van der Waals surface area contributed by atoms with E-state index < -0.39 is 0 Å². The molecule has 3 aromatic carbocycles. The molecular weight excluding hydrogens is 466 g/mol. The van der Waals surface area contributed by atoms with Gasteiger partial charge in [0.2, 0.25) is 0 Å². The lowest BCUT2D eigenvalue weighted by Gasteiger charge is -2.41. The van der Waals surface area contributed by atoms with Crippen LogP contribution in [0.5, 0.6) is 0 Å². The minimum absolute atomic E-state index is 0.0962. The van der Waals surface area contributed by atoms with Gasteiger partial charge >= 0.3 is 0 Å². The Labute approximate surface area is 215 Å². The Morgan fingerprint density at radius 2 is 1.58 bits per heavy atom. The minimum Gasteiger partial charge on any atom is -0.355 e. The summed E-state index contributed by atoms with van der Waals surface area (Å²) in [5, 5.41) is 10.6. The van der Waals surface area contributed by atoms with Crippen LogP contribution in [0.3, 0.4) is 0 Å². The maximum absolute atomic E-state index is 9.84. The molecule has 36 heavy (non-hydrogen) atoms. The molecule has 0 N–H and O–H groups in total. The molecule has 1 aliphatic rings. The summed E-state index contributed by atoms with van der Waals surface area (Å²) in [7, 11) is 0. The highest BCUT2D eigenvalue weighted by Gasteiger charge is 2.29. The van der Waals surface area contributed by atoms with Gasteiger partial charge in [-0.3, -0.25) is 9.30 Å². The third-order valence-electron chi connectivity index (χ3n) is 7.18. The van der Waals surface area contributed by atoms with Crippen molar-refractivity contribution in [3.63, 3.8) is 0 Å². The molecule has 1 saturated heterocycles. The van der Waals surface area contributed by atoms with Gasteiger partial charge in [0.15, 0.2) is 5.65 Å². The van der Waals surface area contributed by atoms with Crippen LogP contribution in [-0.2, 0) is 0 Å². The molecule has 0 saturated carbocycles. The van der Waals surface area contributed by atoms with E-state index in [4.69, 9.17) is 16.6 Å². The number of rotatable bonds is 4. The summed E-state index contributed by atoms with van der Waals surface area (Å²) in [5.74, 6) is 1.09. The van der Waals surface area contributed by atoms with Gasteiger partial charge in [-0.2, -0.15) is 5.26 Å². The molecule has 6 heteroatoms. The van der Waals surface area contributed by atoms with Crippen molar-refractivity contribution in [2.45, 2.75) is 13.0 Å². The van der Waals surface area contributed by atoms with Gasteiger partial charge in [-0.1, -0.05) is 72.3 Å². The Morgan fingerprint density at radius 1 is 0.889 bits per heavy atom. The maximum atomic E-state index is 9.84. The van der Waals surface area contributed by atoms with Crippen molar-refractivity contribution in [3.05, 3.63) is 112 Å². The summed E-state index contributed by atoms with van der Waals surface area (Å²) in [4.78, 5) is 9.76. The SMILES string of the molecule is Cc1cc(N2CCN([C@@H](c3ccccc3)c3ccccc3Cl)CC2)n2c(nc3ccccc32)c1C#N. The van der Waals surface area contributed by atoms with Crippen LogP contribution in [0, 0.1) is 18.3 Å². The van der Waals surface area contributed by atoms with Crippen LogP contribution in [-0.4, -0.2) is 40.5 Å². The zero-order valence-electron chi connectivity index (χ0n) is 20.1. The van der Waals surface area contributed by atoms with Crippen molar-refractivity contribution >= 4 is 34.1 Å². The van der Waals surface area contributed by atoms with Crippen LogP contribution in [0.25, 0.3) is 16.7 Å². The molecule has 0 radical (unpaired) electrons. The maximum Gasteiger partial charge on any atom is 0.157 e. The number of aromatic nitrogens is 2. The number of pyridine rings is 1. The lowest BCUT2D eigenvalue weighted by Crippen LogP contribution is -2.48. The van der Waals surface area contributed by atoms with Gasteiger partial charge < -0.3 is 4.90 Å². The van der Waals surface area contributed by atoms with Crippen molar-refractivity contribution in [2.75, 3.05) is 31.1 Å². The Bertz CT molecular complexity index is 1590. The number of nitriles is 1. The zero-order valence-corrected chi connectivity index (χ0v) is 20.9. The van der Waals surface area contributed by atoms with E-state index in [9.17, 15) is 5.26 Å². The smallest absolute Gasteiger partial charge is 0.157 e. The fourth-order valence-electron chi connectivity index (χ4n) is 5.43. The van der Waals surface area contributed by atoms with E-state index in [1.807, 2.05) is 37.3 Å². The first-order chi connectivity index (χ1) is 17.7. The molecule has 6 rings (SSSR count). The Morgan fingerprint density at radius 3 is 2.33 bits per heavy atom. The van der Waals surface area contributed by atoms with E-state index in [0.717, 1.165) is 64.8 Å². The molecule has 3 heterocycles. The van der Waals surface area contributed by atoms with Crippen LogP contribution in [0.2, 0.25) is 5.02 Å². The highest BCUT2D eigenvalue weighted by atomic mass is 35.5. The molecule has 0 unspecified atom stereocenters. The van der Waals surface area contributed by atoms with E-state index in [0.29, 0.717) is 5.56 Å². The number of nitrogens with zero attached hydrogens (tertiary/aromatic N) is 5. The average molecular weight is 492 g/mol. The molecule has 0 amide bonds. The first-order valence-corrected chi connectivity index (χ1v) is 12.6. The van der Waals surface area contributed by atoms with Crippen molar-refractivity contribution in [3.8, 4) is 6.07 Å². The number of aryl methyl sites for hydroxylation is 1. The molecule has 0 bridgehead atoms. The van der Waals surface area contributed by atoms with Gasteiger partial charge in [0.05, 0.1) is 22.6 Å². The lowest BCUT2D eigenvalue weighted by molar-refractivity contribution is 0.212. The van der Waals surface area contributed by atoms with Crippen LogP contribution >= 0.6 is 11.6 Å². The van der Waals surface area contributed by atoms with E-state index >= 15 is 0 Å². The van der Waals surface area contributed by atoms with Gasteiger partial charge in [0.1, 0.15) is 11.9 Å². The van der Waals surface area contributed by atoms with E-state index in [-0.39, 0.29) is 6.04 Å². The Balaban J connectivity index is 1.37. The van der Waals surface area contributed by atoms with Crippen LogP contribution in [0.1, 0.15) is 28.3 Å². The predicted octanol–water partition coefficient (Wildman–Crippen LogP) is 6.23. The Hall–Kier alpha value is -3.85. The molecule has 5 nitrogen and oxygen atoms in total. The van der Waals surface area contributed by atoms with Crippen LogP contribution in [0.4, 0.5) is 5.82 Å². The topological polar surface area (TPSA) is 47.6 Å². The molecule has 0 spiro atoms. The third-order valence-corrected chi connectivity index (χ3v) is 7.53. The minimum atomic E-state index is 0.0962. The second-order valence-electron chi connectivity index (χ2n) is 9.29. The third kappa shape index (κ3) is 3.80. The summed E-state index contributed by atoms with van der Waals surface area (Å²) in [6.07, 6.45) is 0. The summed E-state index contributed by atoms with van der Waals surface area (Å²) < 4.78 is 2.15. The molecule has 178 valence electrons. The van der Waals surface area contributed by atoms with Crippen LogP contribution in [0.15, 0.2) is 84.9 Å². The summed E-state index contributed by atoms with van der Waals surface area (Å²) in [6.45, 7) is 5.50.